The van der Waals surface area contributed by atoms with E-state index in [9.17, 15) is 18.0 Å². The molecular weight excluding hydrogens is 389 g/mol. The van der Waals surface area contributed by atoms with Crippen LogP contribution in [0.4, 0.5) is 18.9 Å². The minimum atomic E-state index is -4.50. The topological polar surface area (TPSA) is 33.5 Å². The van der Waals surface area contributed by atoms with Gasteiger partial charge in [-0.25, -0.2) is 0 Å². The van der Waals surface area contributed by atoms with Crippen LogP contribution in [0.1, 0.15) is 42.9 Å². The quantitative estimate of drug-likeness (QED) is 0.763. The van der Waals surface area contributed by atoms with Crippen LogP contribution in [0.15, 0.2) is 48.5 Å². The number of alkyl halides is 3. The zero-order chi connectivity index (χ0) is 20.1. The molecule has 2 aromatic carbocycles. The summed E-state index contributed by atoms with van der Waals surface area (Å²) in [5.74, 6) is -0.343. The average Bonchev–Trinajstić information content (AvgIpc) is 2.93. The Balaban J connectivity index is 1.90. The number of rotatable bonds is 4. The van der Waals surface area contributed by atoms with Gasteiger partial charge in [0.25, 0.3) is 5.91 Å². The van der Waals surface area contributed by atoms with Crippen molar-refractivity contribution in [1.82, 2.24) is 0 Å². The van der Waals surface area contributed by atoms with Gasteiger partial charge >= 0.3 is 6.18 Å². The Morgan fingerprint density at radius 2 is 1.64 bits per heavy atom. The van der Waals surface area contributed by atoms with Gasteiger partial charge < -0.3 is 10.2 Å². The van der Waals surface area contributed by atoms with E-state index in [1.807, 2.05) is 30.3 Å². The summed E-state index contributed by atoms with van der Waals surface area (Å²) in [5.41, 5.74) is -0.0118. The first-order valence-corrected chi connectivity index (χ1v) is 9.81. The first kappa shape index (κ1) is 20.7. The largest absolute Gasteiger partial charge is 0.416 e. The molecule has 0 radical (unpaired) electrons. The molecule has 0 spiro atoms. The van der Waals surface area contributed by atoms with Crippen LogP contribution in [-0.4, -0.2) is 19.0 Å². The van der Waals surface area contributed by atoms with Crippen LogP contribution in [0.2, 0.25) is 5.02 Å². The maximum atomic E-state index is 13.2. The van der Waals surface area contributed by atoms with Gasteiger partial charge in [0.05, 0.1) is 29.4 Å². The molecule has 7 heteroatoms. The lowest BCUT2D eigenvalue weighted by Crippen LogP contribution is -3.13. The van der Waals surface area contributed by atoms with Gasteiger partial charge in [0.2, 0.25) is 0 Å². The fourth-order valence-corrected chi connectivity index (χ4v) is 3.86. The molecule has 2 aromatic rings. The van der Waals surface area contributed by atoms with Gasteiger partial charge in [0.1, 0.15) is 0 Å². The van der Waals surface area contributed by atoms with Crippen LogP contribution >= 0.6 is 11.6 Å². The summed E-state index contributed by atoms with van der Waals surface area (Å²) in [5, 5.41) is 2.73. The molecule has 28 heavy (non-hydrogen) atoms. The molecule has 0 saturated carbocycles. The third-order valence-electron chi connectivity index (χ3n) is 5.10. The van der Waals surface area contributed by atoms with Crippen LogP contribution < -0.4 is 10.2 Å². The monoisotopic (exact) mass is 411 g/mol. The smallest absolute Gasteiger partial charge is 0.321 e. The van der Waals surface area contributed by atoms with Crippen molar-refractivity contribution in [3.05, 3.63) is 64.7 Å². The zero-order valence-electron chi connectivity index (χ0n) is 15.4. The molecule has 0 unspecified atom stereocenters. The van der Waals surface area contributed by atoms with E-state index in [-0.39, 0.29) is 16.6 Å². The predicted octanol–water partition coefficient (Wildman–Crippen LogP) is 4.50. The number of hydrogen-bond acceptors (Lipinski definition) is 1. The fourth-order valence-electron chi connectivity index (χ4n) is 3.69. The van der Waals surface area contributed by atoms with E-state index in [0.29, 0.717) is 0 Å². The molecule has 150 valence electrons. The lowest BCUT2D eigenvalue weighted by molar-refractivity contribution is -0.921. The van der Waals surface area contributed by atoms with E-state index in [1.54, 1.807) is 0 Å². The molecule has 1 aliphatic rings. The summed E-state index contributed by atoms with van der Waals surface area (Å²) in [7, 11) is 0. The number of amides is 1. The Kier molecular flexibility index (Phi) is 6.62. The Labute approximate surface area is 167 Å². The van der Waals surface area contributed by atoms with E-state index in [1.165, 1.54) is 0 Å². The molecule has 0 bridgehead atoms. The Morgan fingerprint density at radius 1 is 1.00 bits per heavy atom. The molecule has 0 aliphatic carbocycles. The Morgan fingerprint density at radius 3 is 2.25 bits per heavy atom. The fraction of sp³-hybridized carbons (Fsp3) is 0.381. The molecule has 1 fully saturated rings. The molecule has 2 N–H and O–H groups in total. The van der Waals surface area contributed by atoms with Gasteiger partial charge in [-0.1, -0.05) is 41.9 Å². The summed E-state index contributed by atoms with van der Waals surface area (Å²) in [6.07, 6.45) is -0.191. The van der Waals surface area contributed by atoms with E-state index >= 15 is 0 Å². The molecule has 0 aromatic heterocycles. The average molecular weight is 412 g/mol. The molecule has 1 amide bonds. The van der Waals surface area contributed by atoms with Crippen molar-refractivity contribution in [3.63, 3.8) is 0 Å². The maximum absolute atomic E-state index is 13.2. The third kappa shape index (κ3) is 5.06. The van der Waals surface area contributed by atoms with E-state index in [0.717, 1.165) is 67.4 Å². The summed E-state index contributed by atoms with van der Waals surface area (Å²) in [6.45, 7) is 1.70. The van der Waals surface area contributed by atoms with Crippen molar-refractivity contribution in [2.75, 3.05) is 18.4 Å². The van der Waals surface area contributed by atoms with Crippen molar-refractivity contribution in [3.8, 4) is 0 Å². The summed E-state index contributed by atoms with van der Waals surface area (Å²) in [6, 6.07) is 11.8. The number of halogens is 4. The number of carbonyl (C=O) groups excluding carboxylic acids is 1. The normalized spacial score (nSPS) is 17.0. The highest BCUT2D eigenvalue weighted by Gasteiger charge is 2.34. The highest BCUT2D eigenvalue weighted by Crippen LogP contribution is 2.34. The lowest BCUT2D eigenvalue weighted by atomic mass is 10.0. The van der Waals surface area contributed by atoms with Gasteiger partial charge in [-0.05, 0) is 43.9 Å². The third-order valence-corrected chi connectivity index (χ3v) is 5.43. The molecule has 1 heterocycles. The number of likely N-dealkylation sites (tertiary alicyclic amines) is 1. The van der Waals surface area contributed by atoms with Gasteiger partial charge in [-0.3, -0.25) is 4.79 Å². The van der Waals surface area contributed by atoms with Crippen LogP contribution in [0, 0.1) is 0 Å². The highest BCUT2D eigenvalue weighted by molar-refractivity contribution is 6.33. The first-order chi connectivity index (χ1) is 13.4. The van der Waals surface area contributed by atoms with Crippen LogP contribution in [-0.2, 0) is 11.0 Å². The second-order valence-electron chi connectivity index (χ2n) is 7.10. The number of hydrogen-bond donors (Lipinski definition) is 2. The summed E-state index contributed by atoms with van der Waals surface area (Å²) in [4.78, 5) is 14.3. The lowest BCUT2D eigenvalue weighted by Gasteiger charge is -2.27. The van der Waals surface area contributed by atoms with E-state index in [4.69, 9.17) is 11.6 Å². The predicted molar refractivity (Wildman–Crippen MR) is 103 cm³/mol. The van der Waals surface area contributed by atoms with Crippen molar-refractivity contribution in [2.45, 2.75) is 37.9 Å². The highest BCUT2D eigenvalue weighted by atomic mass is 35.5. The summed E-state index contributed by atoms with van der Waals surface area (Å²) < 4.78 is 39.1. The van der Waals surface area contributed by atoms with Crippen molar-refractivity contribution < 1.29 is 22.9 Å². The SMILES string of the molecule is O=C(Nc1cc(C(F)(F)F)ccc1Cl)[C@@H](c1ccccc1)[NH+]1CCCCCC1. The van der Waals surface area contributed by atoms with Crippen molar-refractivity contribution in [2.24, 2.45) is 0 Å². The van der Waals surface area contributed by atoms with Crippen LogP contribution in [0.3, 0.4) is 0 Å². The van der Waals surface area contributed by atoms with Gasteiger partial charge in [0, 0.05) is 5.56 Å². The number of anilines is 1. The van der Waals surface area contributed by atoms with Crippen molar-refractivity contribution in [1.29, 1.82) is 0 Å². The van der Waals surface area contributed by atoms with Gasteiger partial charge in [-0.15, -0.1) is 0 Å². The summed E-state index contributed by atoms with van der Waals surface area (Å²) >= 11 is 6.06. The molecule has 1 aliphatic heterocycles. The minimum Gasteiger partial charge on any atom is -0.321 e. The number of nitrogens with one attached hydrogen (secondary N) is 2. The minimum absolute atomic E-state index is 0.0170. The number of carbonyl (C=O) groups is 1. The molecule has 3 nitrogen and oxygen atoms in total. The Bertz CT molecular complexity index is 803. The van der Waals surface area contributed by atoms with Crippen molar-refractivity contribution >= 4 is 23.2 Å². The molecule has 1 atom stereocenters. The standard InChI is InChI=1S/C21H22ClF3N2O/c22-17-11-10-16(21(23,24)25)14-18(17)26-20(28)19(15-8-4-3-5-9-15)27-12-6-1-2-7-13-27/h3-5,8-11,14,19H,1-2,6-7,12-13H2,(H,26,28)/p+1/t19-/m1/s1. The van der Waals surface area contributed by atoms with E-state index in [2.05, 4.69) is 5.32 Å². The van der Waals surface area contributed by atoms with E-state index < -0.39 is 17.8 Å². The molecule has 1 saturated heterocycles. The second kappa shape index (κ2) is 8.97. The maximum Gasteiger partial charge on any atom is 0.416 e. The Hall–Kier alpha value is -2.05. The van der Waals surface area contributed by atoms with Crippen LogP contribution in [0.5, 0.6) is 0 Å². The first-order valence-electron chi connectivity index (χ1n) is 9.43. The zero-order valence-corrected chi connectivity index (χ0v) is 16.1. The number of quaternary nitrogens is 1. The second-order valence-corrected chi connectivity index (χ2v) is 7.50. The molecule has 3 rings (SSSR count). The van der Waals surface area contributed by atoms with Gasteiger partial charge in [0.15, 0.2) is 6.04 Å². The van der Waals surface area contributed by atoms with Gasteiger partial charge in [-0.2, -0.15) is 13.2 Å². The number of benzene rings is 2. The van der Waals surface area contributed by atoms with Crippen LogP contribution in [0.25, 0.3) is 0 Å². The molecular formula is C21H23ClF3N2O+.